The maximum atomic E-state index is 9.18. The number of pyridine rings is 1. The van der Waals surface area contributed by atoms with Crippen molar-refractivity contribution in [1.82, 2.24) is 4.98 Å². The van der Waals surface area contributed by atoms with Gasteiger partial charge in [0.2, 0.25) is 0 Å². The van der Waals surface area contributed by atoms with E-state index in [1.165, 1.54) is 4.88 Å². The van der Waals surface area contributed by atoms with Gasteiger partial charge in [0, 0.05) is 23.0 Å². The summed E-state index contributed by atoms with van der Waals surface area (Å²) in [5, 5.41) is 14.6. The van der Waals surface area contributed by atoms with Gasteiger partial charge < -0.3 is 5.32 Å². The summed E-state index contributed by atoms with van der Waals surface area (Å²) in [6, 6.07) is 8.27. The van der Waals surface area contributed by atoms with Crippen molar-refractivity contribution in [2.24, 2.45) is 0 Å². The molecule has 0 aliphatic carbocycles. The van der Waals surface area contributed by atoms with Gasteiger partial charge in [0.1, 0.15) is 11.9 Å². The maximum Gasteiger partial charge on any atom is 0.144 e. The zero-order valence-corrected chi connectivity index (χ0v) is 12.2. The molecule has 0 fully saturated rings. The Hall–Kier alpha value is -1.86. The van der Waals surface area contributed by atoms with Crippen molar-refractivity contribution in [1.29, 1.82) is 5.26 Å². The molecule has 2 heterocycles. The van der Waals surface area contributed by atoms with Gasteiger partial charge in [0.25, 0.3) is 0 Å². The number of rotatable bonds is 4. The standard InChI is InChI=1S/C15H17N3S/c1-11-6-7-17-14(12(11)9-16)18-10-15(2,3)13-5-4-8-19-13/h4-8H,10H2,1-3H3,(H,17,18). The van der Waals surface area contributed by atoms with E-state index >= 15 is 0 Å². The third-order valence-electron chi connectivity index (χ3n) is 3.16. The van der Waals surface area contributed by atoms with Crippen LogP contribution in [0.15, 0.2) is 29.8 Å². The van der Waals surface area contributed by atoms with E-state index in [2.05, 4.69) is 47.7 Å². The molecule has 2 aromatic rings. The summed E-state index contributed by atoms with van der Waals surface area (Å²) in [5.74, 6) is 0.673. The van der Waals surface area contributed by atoms with Gasteiger partial charge in [-0.05, 0) is 30.0 Å². The molecule has 19 heavy (non-hydrogen) atoms. The minimum atomic E-state index is 0.0202. The number of nitrogens with zero attached hydrogens (tertiary/aromatic N) is 2. The predicted molar refractivity (Wildman–Crippen MR) is 79.5 cm³/mol. The van der Waals surface area contributed by atoms with Crippen molar-refractivity contribution in [2.45, 2.75) is 26.2 Å². The van der Waals surface area contributed by atoms with Crippen LogP contribution < -0.4 is 5.32 Å². The van der Waals surface area contributed by atoms with Crippen LogP contribution in [0.1, 0.15) is 29.9 Å². The van der Waals surface area contributed by atoms with Crippen LogP contribution in [0.4, 0.5) is 5.82 Å². The largest absolute Gasteiger partial charge is 0.368 e. The molecule has 0 amide bonds. The lowest BCUT2D eigenvalue weighted by Crippen LogP contribution is -2.27. The first kappa shape index (κ1) is 13.6. The van der Waals surface area contributed by atoms with Crippen molar-refractivity contribution >= 4 is 17.2 Å². The first-order valence-electron chi connectivity index (χ1n) is 6.18. The second-order valence-corrected chi connectivity index (χ2v) is 6.13. The van der Waals surface area contributed by atoms with Gasteiger partial charge in [0.15, 0.2) is 0 Å². The summed E-state index contributed by atoms with van der Waals surface area (Å²) < 4.78 is 0. The minimum Gasteiger partial charge on any atom is -0.368 e. The molecule has 0 aliphatic rings. The molecule has 0 aliphatic heterocycles. The van der Waals surface area contributed by atoms with Gasteiger partial charge in [-0.15, -0.1) is 11.3 Å². The molecule has 0 bridgehead atoms. The number of hydrogen-bond donors (Lipinski definition) is 1. The van der Waals surface area contributed by atoms with Crippen molar-refractivity contribution in [3.63, 3.8) is 0 Å². The SMILES string of the molecule is Cc1ccnc(NCC(C)(C)c2cccs2)c1C#N. The number of hydrogen-bond acceptors (Lipinski definition) is 4. The van der Waals surface area contributed by atoms with Gasteiger partial charge in [-0.2, -0.15) is 5.26 Å². The number of nitrogens with one attached hydrogen (secondary N) is 1. The summed E-state index contributed by atoms with van der Waals surface area (Å²) in [5.41, 5.74) is 1.60. The Morgan fingerprint density at radius 3 is 2.84 bits per heavy atom. The van der Waals surface area contributed by atoms with E-state index in [4.69, 9.17) is 0 Å². The van der Waals surface area contributed by atoms with Crippen LogP contribution in [-0.2, 0) is 5.41 Å². The lowest BCUT2D eigenvalue weighted by atomic mass is 9.91. The molecule has 0 saturated heterocycles. The monoisotopic (exact) mass is 271 g/mol. The van der Waals surface area contributed by atoms with Crippen LogP contribution >= 0.6 is 11.3 Å². The van der Waals surface area contributed by atoms with E-state index in [-0.39, 0.29) is 5.41 Å². The highest BCUT2D eigenvalue weighted by molar-refractivity contribution is 7.10. The van der Waals surface area contributed by atoms with Gasteiger partial charge in [0.05, 0.1) is 5.56 Å². The molecule has 98 valence electrons. The lowest BCUT2D eigenvalue weighted by molar-refractivity contribution is 0.568. The molecule has 0 aromatic carbocycles. The van der Waals surface area contributed by atoms with Gasteiger partial charge >= 0.3 is 0 Å². The summed E-state index contributed by atoms with van der Waals surface area (Å²) in [4.78, 5) is 5.59. The molecule has 0 unspecified atom stereocenters. The van der Waals surface area contributed by atoms with Gasteiger partial charge in [-0.1, -0.05) is 19.9 Å². The molecule has 2 aromatic heterocycles. The summed E-state index contributed by atoms with van der Waals surface area (Å²) in [6.07, 6.45) is 1.73. The first-order chi connectivity index (χ1) is 9.04. The van der Waals surface area contributed by atoms with Crippen LogP contribution in [-0.4, -0.2) is 11.5 Å². The van der Waals surface area contributed by atoms with Crippen LogP contribution in [0.25, 0.3) is 0 Å². The third-order valence-corrected chi connectivity index (χ3v) is 4.39. The molecule has 0 atom stereocenters. The third kappa shape index (κ3) is 2.94. The van der Waals surface area contributed by atoms with Crippen LogP contribution in [0.2, 0.25) is 0 Å². The second-order valence-electron chi connectivity index (χ2n) is 5.18. The van der Waals surface area contributed by atoms with Crippen LogP contribution in [0, 0.1) is 18.3 Å². The Bertz CT molecular complexity index is 594. The summed E-state index contributed by atoms with van der Waals surface area (Å²) in [7, 11) is 0. The summed E-state index contributed by atoms with van der Waals surface area (Å²) in [6.45, 7) is 7.05. The van der Waals surface area contributed by atoms with Gasteiger partial charge in [-0.25, -0.2) is 4.98 Å². The highest BCUT2D eigenvalue weighted by Gasteiger charge is 2.22. The Labute approximate surface area is 117 Å². The number of aryl methyl sites for hydroxylation is 1. The Morgan fingerprint density at radius 2 is 2.21 bits per heavy atom. The molecule has 3 nitrogen and oxygen atoms in total. The number of anilines is 1. The molecule has 0 radical (unpaired) electrons. The highest BCUT2D eigenvalue weighted by atomic mass is 32.1. The Kier molecular flexibility index (Phi) is 3.87. The Morgan fingerprint density at radius 1 is 1.42 bits per heavy atom. The normalized spacial score (nSPS) is 11.1. The van der Waals surface area contributed by atoms with E-state index in [1.54, 1.807) is 17.5 Å². The average molecular weight is 271 g/mol. The summed E-state index contributed by atoms with van der Waals surface area (Å²) >= 11 is 1.75. The molecule has 2 rings (SSSR count). The quantitative estimate of drug-likeness (QED) is 0.922. The maximum absolute atomic E-state index is 9.18. The van der Waals surface area contributed by atoms with Crippen LogP contribution in [0.3, 0.4) is 0 Å². The zero-order chi connectivity index (χ0) is 13.9. The molecular weight excluding hydrogens is 254 g/mol. The molecule has 0 spiro atoms. The van der Waals surface area contributed by atoms with Crippen molar-refractivity contribution in [3.8, 4) is 6.07 Å². The fourth-order valence-corrected chi connectivity index (χ4v) is 2.74. The van der Waals surface area contributed by atoms with Crippen molar-refractivity contribution in [2.75, 3.05) is 11.9 Å². The van der Waals surface area contributed by atoms with Crippen LogP contribution in [0.5, 0.6) is 0 Å². The highest BCUT2D eigenvalue weighted by Crippen LogP contribution is 2.28. The molecule has 1 N–H and O–H groups in total. The van der Waals surface area contributed by atoms with E-state index in [0.717, 1.165) is 12.1 Å². The number of aromatic nitrogens is 1. The van der Waals surface area contributed by atoms with Crippen molar-refractivity contribution < 1.29 is 0 Å². The molecule has 0 saturated carbocycles. The molecular formula is C15H17N3S. The lowest BCUT2D eigenvalue weighted by Gasteiger charge is -2.24. The minimum absolute atomic E-state index is 0.0202. The number of nitriles is 1. The fraction of sp³-hybridized carbons (Fsp3) is 0.333. The fourth-order valence-electron chi connectivity index (χ4n) is 1.89. The first-order valence-corrected chi connectivity index (χ1v) is 7.06. The average Bonchev–Trinajstić information content (AvgIpc) is 2.91. The Balaban J connectivity index is 2.16. The van der Waals surface area contributed by atoms with E-state index in [0.29, 0.717) is 11.4 Å². The van der Waals surface area contributed by atoms with E-state index in [1.807, 2.05) is 13.0 Å². The van der Waals surface area contributed by atoms with E-state index in [9.17, 15) is 5.26 Å². The van der Waals surface area contributed by atoms with Crippen molar-refractivity contribution in [3.05, 3.63) is 45.8 Å². The van der Waals surface area contributed by atoms with Gasteiger partial charge in [-0.3, -0.25) is 0 Å². The second kappa shape index (κ2) is 5.41. The smallest absolute Gasteiger partial charge is 0.144 e. The van der Waals surface area contributed by atoms with E-state index < -0.39 is 0 Å². The predicted octanol–water partition coefficient (Wildman–Crippen LogP) is 3.71. The zero-order valence-electron chi connectivity index (χ0n) is 11.4. The molecule has 4 heteroatoms. The topological polar surface area (TPSA) is 48.7 Å². The number of thiophene rings is 1.